The first-order valence-corrected chi connectivity index (χ1v) is 11.5. The zero-order valence-electron chi connectivity index (χ0n) is 18.7. The highest BCUT2D eigenvalue weighted by Crippen LogP contribution is 2.32. The molecule has 2 heterocycles. The van der Waals surface area contributed by atoms with Crippen molar-refractivity contribution in [1.82, 2.24) is 9.80 Å². The molecule has 2 aliphatic heterocycles. The maximum absolute atomic E-state index is 14.0. The number of carbonyl (C=O) groups excluding carboxylic acids is 1. The number of piperidine rings is 1. The third-order valence-electron chi connectivity index (χ3n) is 6.50. The molecule has 0 atom stereocenters. The van der Waals surface area contributed by atoms with Crippen molar-refractivity contribution >= 4 is 11.6 Å². The van der Waals surface area contributed by atoms with Crippen LogP contribution < -0.4 is 9.64 Å². The summed E-state index contributed by atoms with van der Waals surface area (Å²) >= 11 is 0. The quantitative estimate of drug-likeness (QED) is 0.744. The van der Waals surface area contributed by atoms with E-state index < -0.39 is 0 Å². The van der Waals surface area contributed by atoms with E-state index in [1.807, 2.05) is 34.9 Å². The molecule has 0 aromatic heterocycles. The Morgan fingerprint density at radius 3 is 2.44 bits per heavy atom. The van der Waals surface area contributed by atoms with E-state index in [1.54, 1.807) is 18.2 Å². The summed E-state index contributed by atoms with van der Waals surface area (Å²) in [5, 5.41) is 10.4. The van der Waals surface area contributed by atoms with Crippen LogP contribution in [-0.2, 0) is 11.3 Å². The Bertz CT molecular complexity index is 922. The van der Waals surface area contributed by atoms with E-state index in [2.05, 4.69) is 4.90 Å². The number of amides is 1. The molecule has 0 aliphatic carbocycles. The number of anilines is 1. The maximum Gasteiger partial charge on any atom is 0.225 e. The molecule has 2 saturated heterocycles. The SMILES string of the molecule is CCOc1cccc(CN2CCC(C(=O)N3CCN(c4ccccc4F)CC3)CC2)c1O. The topological polar surface area (TPSA) is 56.2 Å². The lowest BCUT2D eigenvalue weighted by atomic mass is 9.94. The molecule has 7 heteroatoms. The first kappa shape index (κ1) is 22.4. The first-order valence-electron chi connectivity index (χ1n) is 11.5. The number of rotatable bonds is 6. The number of hydrogen-bond acceptors (Lipinski definition) is 5. The second-order valence-corrected chi connectivity index (χ2v) is 8.51. The van der Waals surface area contributed by atoms with Crippen LogP contribution in [0.5, 0.6) is 11.5 Å². The predicted octanol–water partition coefficient (Wildman–Crippen LogP) is 3.49. The van der Waals surface area contributed by atoms with Gasteiger partial charge in [-0.05, 0) is 51.1 Å². The van der Waals surface area contributed by atoms with Gasteiger partial charge < -0.3 is 19.6 Å². The zero-order chi connectivity index (χ0) is 22.5. The van der Waals surface area contributed by atoms with Gasteiger partial charge in [0.15, 0.2) is 11.5 Å². The molecular formula is C25H32FN3O3. The number of para-hydroxylation sites is 2. The average molecular weight is 442 g/mol. The number of likely N-dealkylation sites (tertiary alicyclic amines) is 1. The van der Waals surface area contributed by atoms with Crippen LogP contribution in [-0.4, -0.2) is 66.7 Å². The van der Waals surface area contributed by atoms with Crippen molar-refractivity contribution in [3.05, 3.63) is 53.8 Å². The number of halogens is 1. The molecule has 32 heavy (non-hydrogen) atoms. The minimum atomic E-state index is -0.211. The Hall–Kier alpha value is -2.80. The van der Waals surface area contributed by atoms with Crippen LogP contribution in [0.1, 0.15) is 25.3 Å². The van der Waals surface area contributed by atoms with E-state index in [0.717, 1.165) is 31.5 Å². The van der Waals surface area contributed by atoms with Crippen LogP contribution in [0.25, 0.3) is 0 Å². The fraction of sp³-hybridized carbons (Fsp3) is 0.480. The molecule has 2 fully saturated rings. The van der Waals surface area contributed by atoms with Crippen LogP contribution in [0.3, 0.4) is 0 Å². The molecular weight excluding hydrogens is 409 g/mol. The summed E-state index contributed by atoms with van der Waals surface area (Å²) in [6, 6.07) is 12.4. The van der Waals surface area contributed by atoms with Crippen molar-refractivity contribution in [3.63, 3.8) is 0 Å². The number of carbonyl (C=O) groups is 1. The molecule has 0 radical (unpaired) electrons. The first-order chi connectivity index (χ1) is 15.6. The zero-order valence-corrected chi connectivity index (χ0v) is 18.7. The summed E-state index contributed by atoms with van der Waals surface area (Å²) < 4.78 is 19.5. The number of aromatic hydroxyl groups is 1. The predicted molar refractivity (Wildman–Crippen MR) is 122 cm³/mol. The van der Waals surface area contributed by atoms with Crippen LogP contribution in [0.15, 0.2) is 42.5 Å². The van der Waals surface area contributed by atoms with Gasteiger partial charge in [-0.25, -0.2) is 4.39 Å². The lowest BCUT2D eigenvalue weighted by molar-refractivity contribution is -0.137. The molecule has 2 aromatic carbocycles. The fourth-order valence-electron chi connectivity index (χ4n) is 4.68. The second-order valence-electron chi connectivity index (χ2n) is 8.51. The summed E-state index contributed by atoms with van der Waals surface area (Å²) in [4.78, 5) is 19.3. The van der Waals surface area contributed by atoms with Gasteiger partial charge in [0.05, 0.1) is 12.3 Å². The van der Waals surface area contributed by atoms with Gasteiger partial charge in [0.25, 0.3) is 0 Å². The molecule has 1 amide bonds. The van der Waals surface area contributed by atoms with Crippen molar-refractivity contribution in [2.75, 3.05) is 50.8 Å². The lowest BCUT2D eigenvalue weighted by Crippen LogP contribution is -2.51. The van der Waals surface area contributed by atoms with Crippen molar-refractivity contribution in [2.45, 2.75) is 26.3 Å². The minimum Gasteiger partial charge on any atom is -0.504 e. The summed E-state index contributed by atoms with van der Waals surface area (Å²) in [6.07, 6.45) is 1.64. The molecule has 0 bridgehead atoms. The van der Waals surface area contributed by atoms with Crippen LogP contribution in [0, 0.1) is 11.7 Å². The summed E-state index contributed by atoms with van der Waals surface area (Å²) in [5.41, 5.74) is 1.47. The van der Waals surface area contributed by atoms with E-state index in [4.69, 9.17) is 4.74 Å². The highest BCUT2D eigenvalue weighted by Gasteiger charge is 2.31. The standard InChI is InChI=1S/C25H32FN3O3/c1-2-32-23-9-5-6-20(24(23)30)18-27-12-10-19(11-13-27)25(31)29-16-14-28(15-17-29)22-8-4-3-7-21(22)26/h3-9,19,30H,2,10-18H2,1H3. The number of benzene rings is 2. The Morgan fingerprint density at radius 2 is 1.75 bits per heavy atom. The Labute approximate surface area is 189 Å². The molecule has 1 N–H and O–H groups in total. The number of phenols is 1. The van der Waals surface area contributed by atoms with E-state index in [-0.39, 0.29) is 23.4 Å². The summed E-state index contributed by atoms with van der Waals surface area (Å²) in [7, 11) is 0. The Morgan fingerprint density at radius 1 is 1.03 bits per heavy atom. The van der Waals surface area contributed by atoms with E-state index in [9.17, 15) is 14.3 Å². The molecule has 0 unspecified atom stereocenters. The number of piperazine rings is 1. The summed E-state index contributed by atoms with van der Waals surface area (Å²) in [5.74, 6) is 0.774. The van der Waals surface area contributed by atoms with Crippen LogP contribution in [0.2, 0.25) is 0 Å². The third-order valence-corrected chi connectivity index (χ3v) is 6.50. The molecule has 6 nitrogen and oxygen atoms in total. The van der Waals surface area contributed by atoms with Crippen LogP contribution in [0.4, 0.5) is 10.1 Å². The maximum atomic E-state index is 14.0. The van der Waals surface area contributed by atoms with Crippen LogP contribution >= 0.6 is 0 Å². The second kappa shape index (κ2) is 10.2. The Kier molecular flexibility index (Phi) is 7.15. The molecule has 4 rings (SSSR count). The van der Waals surface area contributed by atoms with Gasteiger partial charge in [-0.2, -0.15) is 0 Å². The highest BCUT2D eigenvalue weighted by molar-refractivity contribution is 5.79. The van der Waals surface area contributed by atoms with E-state index >= 15 is 0 Å². The van der Waals surface area contributed by atoms with Gasteiger partial charge in [0.2, 0.25) is 5.91 Å². The molecule has 2 aliphatic rings. The molecule has 2 aromatic rings. The molecule has 0 spiro atoms. The van der Waals surface area contributed by atoms with Gasteiger partial charge >= 0.3 is 0 Å². The van der Waals surface area contributed by atoms with Gasteiger partial charge in [0, 0.05) is 44.2 Å². The molecule has 172 valence electrons. The smallest absolute Gasteiger partial charge is 0.225 e. The number of hydrogen-bond donors (Lipinski definition) is 1. The van der Waals surface area contributed by atoms with Crippen molar-refractivity contribution in [3.8, 4) is 11.5 Å². The fourth-order valence-corrected chi connectivity index (χ4v) is 4.68. The van der Waals surface area contributed by atoms with Crippen molar-refractivity contribution < 1.29 is 19.0 Å². The normalized spacial score (nSPS) is 18.1. The number of ether oxygens (including phenoxy) is 1. The number of phenolic OH excluding ortho intramolecular Hbond substituents is 1. The van der Waals surface area contributed by atoms with Gasteiger partial charge in [-0.1, -0.05) is 24.3 Å². The van der Waals surface area contributed by atoms with E-state index in [1.165, 1.54) is 6.07 Å². The minimum absolute atomic E-state index is 0.0367. The largest absolute Gasteiger partial charge is 0.504 e. The van der Waals surface area contributed by atoms with Crippen molar-refractivity contribution in [1.29, 1.82) is 0 Å². The van der Waals surface area contributed by atoms with Gasteiger partial charge in [-0.3, -0.25) is 9.69 Å². The van der Waals surface area contributed by atoms with E-state index in [0.29, 0.717) is 50.8 Å². The Balaban J connectivity index is 1.26. The monoisotopic (exact) mass is 441 g/mol. The summed E-state index contributed by atoms with van der Waals surface area (Å²) in [6.45, 7) is 7.27. The highest BCUT2D eigenvalue weighted by atomic mass is 19.1. The van der Waals surface area contributed by atoms with Crippen molar-refractivity contribution in [2.24, 2.45) is 5.92 Å². The number of nitrogens with zero attached hydrogens (tertiary/aromatic N) is 3. The average Bonchev–Trinajstić information content (AvgIpc) is 2.82. The lowest BCUT2D eigenvalue weighted by Gasteiger charge is -2.39. The van der Waals surface area contributed by atoms with Gasteiger partial charge in [-0.15, -0.1) is 0 Å². The molecule has 0 saturated carbocycles. The third kappa shape index (κ3) is 4.99. The van der Waals surface area contributed by atoms with Gasteiger partial charge in [0.1, 0.15) is 5.82 Å².